The first-order valence-corrected chi connectivity index (χ1v) is 20.5. The van der Waals surface area contributed by atoms with Crippen LogP contribution in [0.2, 0.25) is 0 Å². The highest BCUT2D eigenvalue weighted by Crippen LogP contribution is 2.47. The fraction of sp³-hybridized carbons (Fsp3) is 0. The van der Waals surface area contributed by atoms with E-state index in [0.29, 0.717) is 0 Å². The van der Waals surface area contributed by atoms with Crippen molar-refractivity contribution in [1.29, 1.82) is 0 Å². The maximum atomic E-state index is 7.19. The maximum Gasteiger partial charge on any atom is 0.159 e. The molecule has 2 nitrogen and oxygen atoms in total. The van der Waals surface area contributed by atoms with Gasteiger partial charge in [-0.3, -0.25) is 0 Å². The van der Waals surface area contributed by atoms with Crippen molar-refractivity contribution >= 4 is 49.8 Å². The summed E-state index contributed by atoms with van der Waals surface area (Å²) >= 11 is 0. The molecule has 11 aromatic rings. The molecule has 1 heterocycles. The molecule has 1 aromatic heterocycles. The maximum absolute atomic E-state index is 7.19. The summed E-state index contributed by atoms with van der Waals surface area (Å²) in [6, 6.07) is 84.7. The summed E-state index contributed by atoms with van der Waals surface area (Å²) in [6.07, 6.45) is 0. The van der Waals surface area contributed by atoms with E-state index in [0.717, 1.165) is 66.8 Å². The Bertz CT molecular complexity index is 3270. The van der Waals surface area contributed by atoms with Crippen LogP contribution in [0, 0.1) is 0 Å². The Labute approximate surface area is 349 Å². The molecule has 0 fully saturated rings. The third-order valence-corrected chi connectivity index (χ3v) is 11.7. The van der Waals surface area contributed by atoms with Gasteiger partial charge >= 0.3 is 0 Å². The van der Waals surface area contributed by atoms with Crippen LogP contribution >= 0.6 is 0 Å². The van der Waals surface area contributed by atoms with Crippen LogP contribution in [0.4, 0.5) is 17.1 Å². The summed E-state index contributed by atoms with van der Waals surface area (Å²) < 4.78 is 7.19. The summed E-state index contributed by atoms with van der Waals surface area (Å²) in [5.74, 6) is 0. The number of rotatable bonds is 8. The Morgan fingerprint density at radius 1 is 0.267 bits per heavy atom. The lowest BCUT2D eigenvalue weighted by atomic mass is 9.93. The third kappa shape index (κ3) is 6.32. The van der Waals surface area contributed by atoms with Crippen molar-refractivity contribution in [2.24, 2.45) is 0 Å². The standard InChI is InChI=1S/C58H39NO/c1-5-17-40(18-6-1)46-37-54(44-23-11-4-12-24-44)57-55(38-46)52-29-16-30-56(58(52)60-57)59(47-33-31-45(32-34-47)50-28-15-26-42-25-13-14-27-49(42)50)48-35-36-51(41-19-7-2-8-20-41)53(39-48)43-21-9-3-10-22-43/h1-39H. The number of anilines is 3. The average Bonchev–Trinajstić information content (AvgIpc) is 3.72. The van der Waals surface area contributed by atoms with Gasteiger partial charge in [0.05, 0.1) is 5.69 Å². The van der Waals surface area contributed by atoms with E-state index in [1.165, 1.54) is 38.6 Å². The summed E-state index contributed by atoms with van der Waals surface area (Å²) in [5.41, 5.74) is 16.3. The van der Waals surface area contributed by atoms with Gasteiger partial charge in [-0.15, -0.1) is 0 Å². The Morgan fingerprint density at radius 3 is 1.50 bits per heavy atom. The molecule has 282 valence electrons. The first-order chi connectivity index (χ1) is 29.8. The van der Waals surface area contributed by atoms with Crippen molar-refractivity contribution in [2.45, 2.75) is 0 Å². The van der Waals surface area contributed by atoms with Crippen LogP contribution in [0.25, 0.3) is 88.3 Å². The van der Waals surface area contributed by atoms with Crippen molar-refractivity contribution in [2.75, 3.05) is 4.90 Å². The Kier molecular flexibility index (Phi) is 8.87. The van der Waals surface area contributed by atoms with E-state index >= 15 is 0 Å². The van der Waals surface area contributed by atoms with E-state index in [1.54, 1.807) is 0 Å². The highest BCUT2D eigenvalue weighted by atomic mass is 16.3. The highest BCUT2D eigenvalue weighted by molar-refractivity contribution is 6.15. The minimum absolute atomic E-state index is 0.835. The second-order valence-electron chi connectivity index (χ2n) is 15.3. The highest BCUT2D eigenvalue weighted by Gasteiger charge is 2.23. The molecule has 0 bridgehead atoms. The van der Waals surface area contributed by atoms with Gasteiger partial charge in [-0.2, -0.15) is 0 Å². The molecule has 0 saturated heterocycles. The van der Waals surface area contributed by atoms with Crippen molar-refractivity contribution in [3.8, 4) is 55.6 Å². The van der Waals surface area contributed by atoms with E-state index < -0.39 is 0 Å². The Morgan fingerprint density at radius 2 is 0.800 bits per heavy atom. The Balaban J connectivity index is 1.15. The first-order valence-electron chi connectivity index (χ1n) is 20.5. The van der Waals surface area contributed by atoms with Crippen LogP contribution in [0.5, 0.6) is 0 Å². The molecule has 0 aliphatic rings. The van der Waals surface area contributed by atoms with Crippen LogP contribution in [0.3, 0.4) is 0 Å². The quantitative estimate of drug-likeness (QED) is 0.153. The SMILES string of the molecule is c1ccc(-c2cc(-c3ccccc3)c3oc4c(N(c5ccc(-c6cccc7ccccc67)cc5)c5ccc(-c6ccccc6)c(-c6ccccc6)c5)cccc4c3c2)cc1. The number of para-hydroxylation sites is 1. The molecule has 0 atom stereocenters. The number of benzene rings is 10. The van der Waals surface area contributed by atoms with E-state index in [2.05, 4.69) is 241 Å². The van der Waals surface area contributed by atoms with Gasteiger partial charge < -0.3 is 9.32 Å². The molecule has 0 radical (unpaired) electrons. The second-order valence-corrected chi connectivity index (χ2v) is 15.3. The minimum Gasteiger partial charge on any atom is -0.453 e. The lowest BCUT2D eigenvalue weighted by Gasteiger charge is -2.27. The van der Waals surface area contributed by atoms with Gasteiger partial charge in [0.1, 0.15) is 5.58 Å². The summed E-state index contributed by atoms with van der Waals surface area (Å²) in [4.78, 5) is 2.36. The number of hydrogen-bond donors (Lipinski definition) is 0. The molecule has 11 rings (SSSR count). The predicted molar refractivity (Wildman–Crippen MR) is 253 cm³/mol. The average molecular weight is 766 g/mol. The summed E-state index contributed by atoms with van der Waals surface area (Å²) in [5, 5.41) is 4.63. The van der Waals surface area contributed by atoms with Crippen molar-refractivity contribution in [1.82, 2.24) is 0 Å². The smallest absolute Gasteiger partial charge is 0.159 e. The summed E-state index contributed by atoms with van der Waals surface area (Å²) in [6.45, 7) is 0. The zero-order chi connectivity index (χ0) is 39.8. The van der Waals surface area contributed by atoms with Gasteiger partial charge in [0, 0.05) is 27.7 Å². The molecule has 60 heavy (non-hydrogen) atoms. The van der Waals surface area contributed by atoms with Gasteiger partial charge in [0.15, 0.2) is 5.58 Å². The fourth-order valence-corrected chi connectivity index (χ4v) is 8.78. The summed E-state index contributed by atoms with van der Waals surface area (Å²) in [7, 11) is 0. The fourth-order valence-electron chi connectivity index (χ4n) is 8.78. The van der Waals surface area contributed by atoms with Gasteiger partial charge in [-0.25, -0.2) is 0 Å². The lowest BCUT2D eigenvalue weighted by molar-refractivity contribution is 0.670. The number of hydrogen-bond acceptors (Lipinski definition) is 2. The van der Waals surface area contributed by atoms with Gasteiger partial charge in [0.2, 0.25) is 0 Å². The van der Waals surface area contributed by atoms with Crippen molar-refractivity contribution < 1.29 is 4.42 Å². The van der Waals surface area contributed by atoms with Crippen LogP contribution in [0.1, 0.15) is 0 Å². The third-order valence-electron chi connectivity index (χ3n) is 11.7. The lowest BCUT2D eigenvalue weighted by Crippen LogP contribution is -2.10. The topological polar surface area (TPSA) is 16.4 Å². The molecule has 0 aliphatic heterocycles. The molecular weight excluding hydrogens is 727 g/mol. The molecule has 0 N–H and O–H groups in total. The monoisotopic (exact) mass is 765 g/mol. The molecule has 0 unspecified atom stereocenters. The van der Waals surface area contributed by atoms with Crippen LogP contribution in [0.15, 0.2) is 241 Å². The van der Waals surface area contributed by atoms with Crippen LogP contribution in [-0.4, -0.2) is 0 Å². The molecule has 0 amide bonds. The zero-order valence-electron chi connectivity index (χ0n) is 32.9. The van der Waals surface area contributed by atoms with E-state index in [9.17, 15) is 0 Å². The molecule has 0 saturated carbocycles. The molecule has 2 heteroatoms. The predicted octanol–water partition coefficient (Wildman–Crippen LogP) is 16.5. The van der Waals surface area contributed by atoms with Crippen LogP contribution < -0.4 is 4.90 Å². The van der Waals surface area contributed by atoms with E-state index in [1.807, 2.05) is 0 Å². The normalized spacial score (nSPS) is 11.3. The molecular formula is C58H39NO. The van der Waals surface area contributed by atoms with Gasteiger partial charge in [0.25, 0.3) is 0 Å². The van der Waals surface area contributed by atoms with Gasteiger partial charge in [-0.1, -0.05) is 194 Å². The van der Waals surface area contributed by atoms with Gasteiger partial charge in [-0.05, 0) is 103 Å². The van der Waals surface area contributed by atoms with E-state index in [4.69, 9.17) is 4.42 Å². The largest absolute Gasteiger partial charge is 0.453 e. The first kappa shape index (κ1) is 35.2. The zero-order valence-corrected chi connectivity index (χ0v) is 32.9. The van der Waals surface area contributed by atoms with Crippen LogP contribution in [-0.2, 0) is 0 Å². The van der Waals surface area contributed by atoms with Crippen molar-refractivity contribution in [3.05, 3.63) is 237 Å². The number of fused-ring (bicyclic) bond motifs is 4. The minimum atomic E-state index is 0.835. The number of furan rings is 1. The van der Waals surface area contributed by atoms with Crippen molar-refractivity contribution in [3.63, 3.8) is 0 Å². The molecule has 0 aliphatic carbocycles. The molecule has 10 aromatic carbocycles. The number of nitrogens with zero attached hydrogens (tertiary/aromatic N) is 1. The van der Waals surface area contributed by atoms with E-state index in [-0.39, 0.29) is 0 Å². The second kappa shape index (κ2) is 15.1. The molecule has 0 spiro atoms. The Hall–Kier alpha value is -7.94.